The number of aliphatic hydroxyl groups excluding tert-OH is 1. The second-order valence-electron chi connectivity index (χ2n) is 5.15. The van der Waals surface area contributed by atoms with Crippen LogP contribution in [0, 0.1) is 0 Å². The van der Waals surface area contributed by atoms with E-state index >= 15 is 0 Å². The smallest absolute Gasteiger partial charge is 0.0682 e. The average Bonchev–Trinajstić information content (AvgIpc) is 2.46. The predicted octanol–water partition coefficient (Wildman–Crippen LogP) is 4.25. The van der Waals surface area contributed by atoms with Gasteiger partial charge in [0.25, 0.3) is 0 Å². The van der Waals surface area contributed by atoms with Crippen LogP contribution in [0.5, 0.6) is 0 Å². The number of aliphatic hydroxyl groups is 1. The predicted molar refractivity (Wildman–Crippen MR) is 85.1 cm³/mol. The minimum atomic E-state index is 0.0142. The molecule has 2 aromatic rings. The van der Waals surface area contributed by atoms with E-state index < -0.39 is 0 Å². The summed E-state index contributed by atoms with van der Waals surface area (Å²) in [5.41, 5.74) is 3.09. The Kier molecular flexibility index (Phi) is 5.05. The lowest BCUT2D eigenvalue weighted by Crippen LogP contribution is -2.30. The van der Waals surface area contributed by atoms with Gasteiger partial charge in [0.15, 0.2) is 0 Å². The van der Waals surface area contributed by atoms with Gasteiger partial charge in [-0.25, -0.2) is 0 Å². The van der Waals surface area contributed by atoms with Crippen LogP contribution in [0.15, 0.2) is 48.5 Å². The number of hydrogen-bond acceptors (Lipinski definition) is 2. The largest absolute Gasteiger partial charge is 0.392 e. The Morgan fingerprint density at radius 3 is 2.30 bits per heavy atom. The van der Waals surface area contributed by atoms with Gasteiger partial charge in [0.05, 0.1) is 17.3 Å². The lowest BCUT2D eigenvalue weighted by molar-refractivity contribution is 0.282. The van der Waals surface area contributed by atoms with Gasteiger partial charge >= 0.3 is 0 Å². The molecule has 0 bridgehead atoms. The number of benzene rings is 2. The van der Waals surface area contributed by atoms with Gasteiger partial charge in [-0.05, 0) is 37.1 Å². The first-order valence-corrected chi connectivity index (χ1v) is 7.19. The van der Waals surface area contributed by atoms with Gasteiger partial charge in [-0.15, -0.1) is 0 Å². The van der Waals surface area contributed by atoms with Gasteiger partial charge < -0.3 is 10.0 Å². The Balaban J connectivity index is 2.29. The van der Waals surface area contributed by atoms with Gasteiger partial charge in [0.2, 0.25) is 0 Å². The zero-order chi connectivity index (χ0) is 14.5. The molecule has 0 aromatic heterocycles. The van der Waals surface area contributed by atoms with Crippen molar-refractivity contribution in [3.05, 3.63) is 64.7 Å². The minimum Gasteiger partial charge on any atom is -0.392 e. The van der Waals surface area contributed by atoms with Crippen LogP contribution < -0.4 is 4.90 Å². The first-order valence-electron chi connectivity index (χ1n) is 6.81. The van der Waals surface area contributed by atoms with Gasteiger partial charge in [0.1, 0.15) is 0 Å². The SMILES string of the molecule is CC(C)N(Cc1ccccc1)c1ccc(CO)cc1Cl. The molecular formula is C17H20ClNO. The molecule has 0 aliphatic rings. The molecule has 0 aliphatic carbocycles. The normalized spacial score (nSPS) is 10.8. The monoisotopic (exact) mass is 289 g/mol. The summed E-state index contributed by atoms with van der Waals surface area (Å²) >= 11 is 6.36. The van der Waals surface area contributed by atoms with E-state index in [0.717, 1.165) is 17.8 Å². The zero-order valence-electron chi connectivity index (χ0n) is 11.9. The Labute approximate surface area is 125 Å². The molecule has 0 amide bonds. The highest BCUT2D eigenvalue weighted by Gasteiger charge is 2.14. The third-order valence-electron chi connectivity index (χ3n) is 3.32. The molecule has 0 fully saturated rings. The molecule has 0 unspecified atom stereocenters. The van der Waals surface area contributed by atoms with E-state index in [4.69, 9.17) is 16.7 Å². The molecule has 1 N–H and O–H groups in total. The summed E-state index contributed by atoms with van der Waals surface area (Å²) in [5, 5.41) is 9.85. The van der Waals surface area contributed by atoms with E-state index in [1.807, 2.05) is 36.4 Å². The maximum absolute atomic E-state index is 9.16. The van der Waals surface area contributed by atoms with Gasteiger partial charge in [-0.2, -0.15) is 0 Å². The van der Waals surface area contributed by atoms with Crippen molar-refractivity contribution < 1.29 is 5.11 Å². The Hall–Kier alpha value is -1.51. The van der Waals surface area contributed by atoms with Crippen molar-refractivity contribution in [3.8, 4) is 0 Å². The molecule has 0 saturated carbocycles. The van der Waals surface area contributed by atoms with Crippen molar-refractivity contribution in [1.29, 1.82) is 0 Å². The summed E-state index contributed by atoms with van der Waals surface area (Å²) < 4.78 is 0. The molecule has 2 nitrogen and oxygen atoms in total. The van der Waals surface area contributed by atoms with Crippen LogP contribution >= 0.6 is 11.6 Å². The highest BCUT2D eigenvalue weighted by molar-refractivity contribution is 6.33. The quantitative estimate of drug-likeness (QED) is 0.889. The van der Waals surface area contributed by atoms with Crippen molar-refractivity contribution in [3.63, 3.8) is 0 Å². The molecule has 0 spiro atoms. The van der Waals surface area contributed by atoms with E-state index in [-0.39, 0.29) is 6.61 Å². The van der Waals surface area contributed by atoms with E-state index in [2.05, 4.69) is 30.9 Å². The fourth-order valence-electron chi connectivity index (χ4n) is 2.21. The maximum atomic E-state index is 9.16. The molecule has 20 heavy (non-hydrogen) atoms. The molecule has 0 heterocycles. The van der Waals surface area contributed by atoms with E-state index in [0.29, 0.717) is 11.1 Å². The van der Waals surface area contributed by atoms with E-state index in [1.165, 1.54) is 5.56 Å². The summed E-state index contributed by atoms with van der Waals surface area (Å²) in [5.74, 6) is 0. The lowest BCUT2D eigenvalue weighted by Gasteiger charge is -2.30. The van der Waals surface area contributed by atoms with E-state index in [1.54, 1.807) is 0 Å². The second-order valence-corrected chi connectivity index (χ2v) is 5.56. The molecule has 2 rings (SSSR count). The summed E-state index contributed by atoms with van der Waals surface area (Å²) in [4.78, 5) is 2.26. The third kappa shape index (κ3) is 3.53. The molecule has 3 heteroatoms. The summed E-state index contributed by atoms with van der Waals surface area (Å²) in [6.07, 6.45) is 0. The van der Waals surface area contributed by atoms with Crippen molar-refractivity contribution in [2.75, 3.05) is 4.90 Å². The standard InChI is InChI=1S/C17H20ClNO/c1-13(2)19(11-14-6-4-3-5-7-14)17-9-8-15(12-20)10-16(17)18/h3-10,13,20H,11-12H2,1-2H3. The lowest BCUT2D eigenvalue weighted by atomic mass is 10.1. The number of hydrogen-bond donors (Lipinski definition) is 1. The van der Waals surface area contributed by atoms with Crippen LogP contribution in [0.25, 0.3) is 0 Å². The molecule has 0 atom stereocenters. The molecule has 106 valence electrons. The van der Waals surface area contributed by atoms with Crippen LogP contribution in [0.2, 0.25) is 5.02 Å². The summed E-state index contributed by atoms with van der Waals surface area (Å²) in [6.45, 7) is 5.13. The number of halogens is 1. The summed E-state index contributed by atoms with van der Waals surface area (Å²) in [7, 11) is 0. The van der Waals surface area contributed by atoms with Crippen LogP contribution in [-0.2, 0) is 13.2 Å². The van der Waals surface area contributed by atoms with E-state index in [9.17, 15) is 0 Å². The van der Waals surface area contributed by atoms with Crippen LogP contribution in [0.1, 0.15) is 25.0 Å². The fraction of sp³-hybridized carbons (Fsp3) is 0.294. The Morgan fingerprint density at radius 1 is 1.05 bits per heavy atom. The van der Waals surface area contributed by atoms with Gasteiger partial charge in [-0.1, -0.05) is 48.0 Å². The van der Waals surface area contributed by atoms with Crippen molar-refractivity contribution >= 4 is 17.3 Å². The first kappa shape index (κ1) is 14.9. The molecule has 0 radical (unpaired) electrons. The van der Waals surface area contributed by atoms with Crippen molar-refractivity contribution in [2.24, 2.45) is 0 Å². The first-order chi connectivity index (χ1) is 9.61. The number of anilines is 1. The highest BCUT2D eigenvalue weighted by atomic mass is 35.5. The molecule has 0 aliphatic heterocycles. The zero-order valence-corrected chi connectivity index (χ0v) is 12.6. The van der Waals surface area contributed by atoms with Crippen LogP contribution in [-0.4, -0.2) is 11.1 Å². The Morgan fingerprint density at radius 2 is 1.75 bits per heavy atom. The molecule has 0 saturated heterocycles. The fourth-order valence-corrected chi connectivity index (χ4v) is 2.52. The number of rotatable bonds is 5. The highest BCUT2D eigenvalue weighted by Crippen LogP contribution is 2.29. The maximum Gasteiger partial charge on any atom is 0.0682 e. The second kappa shape index (κ2) is 6.78. The minimum absolute atomic E-state index is 0.0142. The van der Waals surface area contributed by atoms with Gasteiger partial charge in [0, 0.05) is 12.6 Å². The van der Waals surface area contributed by atoms with Gasteiger partial charge in [-0.3, -0.25) is 0 Å². The third-order valence-corrected chi connectivity index (χ3v) is 3.63. The number of nitrogens with zero attached hydrogens (tertiary/aromatic N) is 1. The Bertz CT molecular complexity index is 554. The molecular weight excluding hydrogens is 270 g/mol. The van der Waals surface area contributed by atoms with Crippen LogP contribution in [0.3, 0.4) is 0 Å². The summed E-state index contributed by atoms with van der Waals surface area (Å²) in [6, 6.07) is 16.4. The average molecular weight is 290 g/mol. The topological polar surface area (TPSA) is 23.5 Å². The van der Waals surface area contributed by atoms with Crippen molar-refractivity contribution in [2.45, 2.75) is 33.0 Å². The van der Waals surface area contributed by atoms with Crippen LogP contribution in [0.4, 0.5) is 5.69 Å². The molecule has 2 aromatic carbocycles. The van der Waals surface area contributed by atoms with Crippen molar-refractivity contribution in [1.82, 2.24) is 0 Å².